The molecular weight excluding hydrogens is 340 g/mol. The van der Waals surface area contributed by atoms with Gasteiger partial charge in [-0.05, 0) is 74.4 Å². The zero-order valence-electron chi connectivity index (χ0n) is 15.6. The van der Waals surface area contributed by atoms with E-state index in [1.807, 2.05) is 25.3 Å². The summed E-state index contributed by atoms with van der Waals surface area (Å²) < 4.78 is 7.47. The van der Waals surface area contributed by atoms with E-state index in [0.717, 1.165) is 41.3 Å². The topological polar surface area (TPSA) is 71.7 Å². The zero-order valence-corrected chi connectivity index (χ0v) is 15.6. The number of ether oxygens (including phenoxy) is 1. The van der Waals surface area contributed by atoms with Gasteiger partial charge >= 0.3 is 0 Å². The van der Waals surface area contributed by atoms with E-state index in [4.69, 9.17) is 4.74 Å². The van der Waals surface area contributed by atoms with Crippen molar-refractivity contribution in [2.24, 2.45) is 0 Å². The van der Waals surface area contributed by atoms with Gasteiger partial charge in [0.05, 0.1) is 18.2 Å². The van der Waals surface area contributed by atoms with Crippen molar-refractivity contribution in [2.45, 2.75) is 50.2 Å². The molecule has 3 aromatic rings. The van der Waals surface area contributed by atoms with Crippen molar-refractivity contribution in [3.8, 4) is 17.0 Å². The van der Waals surface area contributed by atoms with Gasteiger partial charge in [-0.3, -0.25) is 4.40 Å². The Balaban J connectivity index is 1.54. The van der Waals surface area contributed by atoms with Crippen molar-refractivity contribution in [2.75, 3.05) is 12.4 Å². The highest BCUT2D eigenvalue weighted by atomic mass is 16.5. The van der Waals surface area contributed by atoms with Gasteiger partial charge in [0.2, 0.25) is 5.95 Å². The highest BCUT2D eigenvalue weighted by molar-refractivity contribution is 5.80. The Morgan fingerprint density at radius 1 is 1.22 bits per heavy atom. The normalized spacial score (nSPS) is 24.6. The molecule has 6 nitrogen and oxygen atoms in total. The van der Waals surface area contributed by atoms with E-state index < -0.39 is 5.60 Å². The zero-order chi connectivity index (χ0) is 18.6. The first kappa shape index (κ1) is 16.6. The first-order valence-electron chi connectivity index (χ1n) is 9.55. The van der Waals surface area contributed by atoms with E-state index in [-0.39, 0.29) is 6.04 Å². The number of fused-ring (bicyclic) bond motifs is 1. The fourth-order valence-corrected chi connectivity index (χ4v) is 4.15. The molecule has 140 valence electrons. The predicted molar refractivity (Wildman–Crippen MR) is 104 cm³/mol. The van der Waals surface area contributed by atoms with Crippen LogP contribution in [0.25, 0.3) is 16.8 Å². The summed E-state index contributed by atoms with van der Waals surface area (Å²) in [6, 6.07) is 10.5. The molecule has 2 aliphatic carbocycles. The summed E-state index contributed by atoms with van der Waals surface area (Å²) in [4.78, 5) is 0. The molecule has 2 aromatic heterocycles. The van der Waals surface area contributed by atoms with Crippen LogP contribution in [-0.4, -0.2) is 38.5 Å². The average Bonchev–Trinajstić information content (AvgIpc) is 3.36. The fraction of sp³-hybridized carbons (Fsp3) is 0.429. The number of anilines is 1. The van der Waals surface area contributed by atoms with Crippen LogP contribution in [0, 0.1) is 0 Å². The molecule has 0 atom stereocenters. The average molecular weight is 364 g/mol. The third-order valence-corrected chi connectivity index (χ3v) is 5.70. The van der Waals surface area contributed by atoms with Gasteiger partial charge < -0.3 is 15.2 Å². The number of hydrogen-bond acceptors (Lipinski definition) is 5. The molecular formula is C21H24N4O2. The van der Waals surface area contributed by atoms with Crippen LogP contribution in [0.2, 0.25) is 0 Å². The lowest BCUT2D eigenvalue weighted by molar-refractivity contribution is -0.0236. The summed E-state index contributed by atoms with van der Waals surface area (Å²) in [5.74, 6) is 2.19. The van der Waals surface area contributed by atoms with Gasteiger partial charge in [-0.25, -0.2) is 0 Å². The van der Waals surface area contributed by atoms with Crippen molar-refractivity contribution in [3.05, 3.63) is 42.1 Å². The van der Waals surface area contributed by atoms with Crippen LogP contribution in [0.5, 0.6) is 5.75 Å². The van der Waals surface area contributed by atoms with Crippen molar-refractivity contribution in [1.29, 1.82) is 0 Å². The predicted octanol–water partition coefficient (Wildman–Crippen LogP) is 3.61. The van der Waals surface area contributed by atoms with Gasteiger partial charge in [0.1, 0.15) is 11.4 Å². The van der Waals surface area contributed by atoms with Gasteiger partial charge in [0.25, 0.3) is 0 Å². The highest BCUT2D eigenvalue weighted by Crippen LogP contribution is 2.46. The number of hydrogen-bond donors (Lipinski definition) is 2. The molecule has 0 unspecified atom stereocenters. The molecule has 0 radical (unpaired) electrons. The van der Waals surface area contributed by atoms with Crippen molar-refractivity contribution >= 4 is 11.5 Å². The Morgan fingerprint density at radius 3 is 2.74 bits per heavy atom. The molecule has 2 fully saturated rings. The van der Waals surface area contributed by atoms with Gasteiger partial charge in [-0.15, -0.1) is 10.2 Å². The maximum Gasteiger partial charge on any atom is 0.228 e. The number of nitrogens with zero attached hydrogens (tertiary/aromatic N) is 3. The molecule has 0 aliphatic heterocycles. The number of aliphatic hydroxyl groups is 1. The third-order valence-electron chi connectivity index (χ3n) is 5.70. The summed E-state index contributed by atoms with van der Waals surface area (Å²) >= 11 is 0. The second-order valence-corrected chi connectivity index (χ2v) is 8.11. The number of rotatable bonds is 5. The number of benzene rings is 1. The van der Waals surface area contributed by atoms with Crippen LogP contribution >= 0.6 is 0 Å². The number of methoxy groups -OCH3 is 1. The van der Waals surface area contributed by atoms with Crippen LogP contribution in [0.4, 0.5) is 5.95 Å². The molecule has 0 saturated heterocycles. The first-order chi connectivity index (χ1) is 13.0. The van der Waals surface area contributed by atoms with Gasteiger partial charge in [0.15, 0.2) is 0 Å². The highest BCUT2D eigenvalue weighted by Gasteiger charge is 2.38. The second-order valence-electron chi connectivity index (χ2n) is 8.11. The molecule has 6 heteroatoms. The number of nitrogens with one attached hydrogen (secondary N) is 1. The first-order valence-corrected chi connectivity index (χ1v) is 9.55. The molecule has 2 N–H and O–H groups in total. The van der Waals surface area contributed by atoms with E-state index in [1.165, 1.54) is 18.4 Å². The van der Waals surface area contributed by atoms with E-state index in [1.54, 1.807) is 7.11 Å². The molecule has 0 bridgehead atoms. The van der Waals surface area contributed by atoms with E-state index >= 15 is 0 Å². The SMILES string of the molecule is COc1ccc(-c2nnc(NC3CC(C)(O)C3)n3cccc23)c(C2CC2)c1. The van der Waals surface area contributed by atoms with Crippen molar-refractivity contribution in [1.82, 2.24) is 14.6 Å². The van der Waals surface area contributed by atoms with E-state index in [0.29, 0.717) is 5.92 Å². The summed E-state index contributed by atoms with van der Waals surface area (Å²) in [6.07, 6.45) is 5.89. The van der Waals surface area contributed by atoms with Crippen molar-refractivity contribution < 1.29 is 9.84 Å². The van der Waals surface area contributed by atoms with Crippen LogP contribution < -0.4 is 10.1 Å². The lowest BCUT2D eigenvalue weighted by Gasteiger charge is -2.41. The smallest absolute Gasteiger partial charge is 0.228 e. The molecule has 5 rings (SSSR count). The minimum atomic E-state index is -0.566. The van der Waals surface area contributed by atoms with Gasteiger partial charge in [0, 0.05) is 17.8 Å². The Hall–Kier alpha value is -2.60. The second kappa shape index (κ2) is 5.96. The lowest BCUT2D eigenvalue weighted by Crippen LogP contribution is -2.48. The quantitative estimate of drug-likeness (QED) is 0.724. The molecule has 2 saturated carbocycles. The summed E-state index contributed by atoms with van der Waals surface area (Å²) in [5, 5.41) is 22.4. The van der Waals surface area contributed by atoms with Crippen LogP contribution in [0.1, 0.15) is 44.1 Å². The number of aromatic nitrogens is 3. The largest absolute Gasteiger partial charge is 0.497 e. The lowest BCUT2D eigenvalue weighted by atomic mass is 9.77. The van der Waals surface area contributed by atoms with Crippen LogP contribution in [-0.2, 0) is 0 Å². The molecule has 2 aliphatic rings. The summed E-state index contributed by atoms with van der Waals surface area (Å²) in [7, 11) is 1.70. The molecule has 2 heterocycles. The Labute approximate surface area is 158 Å². The van der Waals surface area contributed by atoms with Crippen molar-refractivity contribution in [3.63, 3.8) is 0 Å². The molecule has 1 aromatic carbocycles. The summed E-state index contributed by atoms with van der Waals surface area (Å²) in [5.41, 5.74) is 3.79. The minimum Gasteiger partial charge on any atom is -0.497 e. The van der Waals surface area contributed by atoms with Crippen LogP contribution in [0.3, 0.4) is 0 Å². The Morgan fingerprint density at radius 2 is 2.04 bits per heavy atom. The summed E-state index contributed by atoms with van der Waals surface area (Å²) in [6.45, 7) is 1.87. The maximum atomic E-state index is 9.97. The minimum absolute atomic E-state index is 0.230. The monoisotopic (exact) mass is 364 g/mol. The molecule has 27 heavy (non-hydrogen) atoms. The van der Waals surface area contributed by atoms with E-state index in [2.05, 4.69) is 38.1 Å². The van der Waals surface area contributed by atoms with Gasteiger partial charge in [-0.2, -0.15) is 0 Å². The van der Waals surface area contributed by atoms with Gasteiger partial charge in [-0.1, -0.05) is 0 Å². The Kier molecular flexibility index (Phi) is 3.65. The van der Waals surface area contributed by atoms with Crippen LogP contribution in [0.15, 0.2) is 36.5 Å². The van der Waals surface area contributed by atoms with E-state index in [9.17, 15) is 5.11 Å². The fourth-order valence-electron chi connectivity index (χ4n) is 4.15. The third kappa shape index (κ3) is 2.94. The maximum absolute atomic E-state index is 9.97. The molecule has 0 amide bonds. The Bertz CT molecular complexity index is 999. The molecule has 0 spiro atoms. The standard InChI is InChI=1S/C21H24N4O2/c1-21(26)11-14(12-21)22-20-24-23-19(18-4-3-9-25(18)20)16-8-7-15(27-2)10-17(16)13-5-6-13/h3-4,7-10,13-14,26H,5-6,11-12H2,1-2H3,(H,22,24).